The van der Waals surface area contributed by atoms with E-state index in [0.29, 0.717) is 6.61 Å². The molecule has 0 aliphatic heterocycles. The van der Waals surface area contributed by atoms with Gasteiger partial charge in [-0.1, -0.05) is 30.3 Å². The quantitative estimate of drug-likeness (QED) is 0.734. The van der Waals surface area contributed by atoms with Crippen LogP contribution in [0.5, 0.6) is 5.75 Å². The Hall–Kier alpha value is -2.10. The zero-order chi connectivity index (χ0) is 15.4. The Morgan fingerprint density at radius 3 is 2.50 bits per heavy atom. The summed E-state index contributed by atoms with van der Waals surface area (Å²) in [5, 5.41) is 11.6. The van der Waals surface area contributed by atoms with Crippen molar-refractivity contribution in [2.45, 2.75) is 20.1 Å². The molecule has 1 N–H and O–H groups in total. The van der Waals surface area contributed by atoms with Crippen LogP contribution in [0.4, 0.5) is 0 Å². The molecule has 0 amide bonds. The van der Waals surface area contributed by atoms with Crippen molar-refractivity contribution in [3.8, 4) is 16.2 Å². The molecule has 3 heteroatoms. The van der Waals surface area contributed by atoms with Gasteiger partial charge in [-0.3, -0.25) is 0 Å². The van der Waals surface area contributed by atoms with E-state index in [1.165, 1.54) is 10.4 Å². The Kier molecular flexibility index (Phi) is 4.56. The summed E-state index contributed by atoms with van der Waals surface area (Å²) in [6.45, 7) is 2.63. The van der Waals surface area contributed by atoms with Crippen molar-refractivity contribution in [1.82, 2.24) is 0 Å². The van der Waals surface area contributed by atoms with Gasteiger partial charge in [-0.2, -0.15) is 0 Å². The van der Waals surface area contributed by atoms with Gasteiger partial charge in [-0.25, -0.2) is 0 Å². The smallest absolute Gasteiger partial charge is 0.120 e. The van der Waals surface area contributed by atoms with E-state index in [1.54, 1.807) is 11.3 Å². The van der Waals surface area contributed by atoms with Gasteiger partial charge in [0, 0.05) is 4.88 Å². The summed E-state index contributed by atoms with van der Waals surface area (Å²) in [4.78, 5) is 1.19. The van der Waals surface area contributed by atoms with Gasteiger partial charge >= 0.3 is 0 Å². The highest BCUT2D eigenvalue weighted by atomic mass is 32.1. The molecule has 112 valence electrons. The minimum atomic E-state index is 0.0138. The molecule has 0 radical (unpaired) electrons. The summed E-state index contributed by atoms with van der Waals surface area (Å²) in [6.07, 6.45) is 0. The van der Waals surface area contributed by atoms with Crippen LogP contribution in [0.3, 0.4) is 0 Å². The van der Waals surface area contributed by atoms with Gasteiger partial charge in [0.2, 0.25) is 0 Å². The Bertz CT molecular complexity index is 747. The van der Waals surface area contributed by atoms with Crippen LogP contribution in [0.2, 0.25) is 0 Å². The lowest BCUT2D eigenvalue weighted by Gasteiger charge is -2.10. The molecule has 3 aromatic rings. The normalized spacial score (nSPS) is 10.6. The van der Waals surface area contributed by atoms with Crippen LogP contribution in [0.25, 0.3) is 10.4 Å². The number of aliphatic hydroxyl groups excluding tert-OH is 1. The van der Waals surface area contributed by atoms with E-state index in [-0.39, 0.29) is 6.61 Å². The molecule has 0 bridgehead atoms. The monoisotopic (exact) mass is 310 g/mol. The summed E-state index contributed by atoms with van der Waals surface area (Å²) < 4.78 is 5.90. The fourth-order valence-electron chi connectivity index (χ4n) is 2.30. The Morgan fingerprint density at radius 2 is 1.82 bits per heavy atom. The molecule has 1 heterocycles. The maximum absolute atomic E-state index is 9.47. The first kappa shape index (κ1) is 14.8. The predicted octanol–water partition coefficient (Wildman–Crippen LogP) is 4.79. The molecule has 0 saturated carbocycles. The summed E-state index contributed by atoms with van der Waals surface area (Å²) in [6, 6.07) is 18.2. The van der Waals surface area contributed by atoms with Gasteiger partial charge in [0.25, 0.3) is 0 Å². The largest absolute Gasteiger partial charge is 0.489 e. The number of benzene rings is 2. The molecule has 0 spiro atoms. The molecular weight excluding hydrogens is 292 g/mol. The average molecular weight is 310 g/mol. The second kappa shape index (κ2) is 6.77. The van der Waals surface area contributed by atoms with Gasteiger partial charge in [0.05, 0.1) is 6.61 Å². The topological polar surface area (TPSA) is 29.5 Å². The Balaban J connectivity index is 1.84. The SMILES string of the molecule is Cc1csc(-c2cc(CO)cc(OCc3ccccc3)c2)c1. The van der Waals surface area contributed by atoms with Gasteiger partial charge in [-0.05, 0) is 58.8 Å². The van der Waals surface area contributed by atoms with Crippen LogP contribution in [0.15, 0.2) is 60.0 Å². The standard InChI is InChI=1S/C19H18O2S/c1-14-7-19(22-13-14)17-8-16(11-20)9-18(10-17)21-12-15-5-3-2-4-6-15/h2-10,13,20H,11-12H2,1H3. The highest BCUT2D eigenvalue weighted by Crippen LogP contribution is 2.31. The van der Waals surface area contributed by atoms with E-state index in [2.05, 4.69) is 18.4 Å². The number of hydrogen-bond acceptors (Lipinski definition) is 3. The highest BCUT2D eigenvalue weighted by Gasteiger charge is 2.06. The fourth-order valence-corrected chi connectivity index (χ4v) is 3.19. The van der Waals surface area contributed by atoms with Gasteiger partial charge in [0.15, 0.2) is 0 Å². The summed E-state index contributed by atoms with van der Waals surface area (Å²) in [5.74, 6) is 0.788. The van der Waals surface area contributed by atoms with E-state index in [0.717, 1.165) is 22.4 Å². The molecule has 0 fully saturated rings. The molecule has 2 nitrogen and oxygen atoms in total. The minimum absolute atomic E-state index is 0.0138. The van der Waals surface area contributed by atoms with Gasteiger partial charge < -0.3 is 9.84 Å². The Morgan fingerprint density at radius 1 is 1.00 bits per heavy atom. The zero-order valence-electron chi connectivity index (χ0n) is 12.5. The second-order valence-electron chi connectivity index (χ2n) is 5.29. The lowest BCUT2D eigenvalue weighted by Crippen LogP contribution is -1.96. The molecule has 0 atom stereocenters. The molecule has 0 unspecified atom stereocenters. The first-order valence-electron chi connectivity index (χ1n) is 7.21. The molecular formula is C19H18O2S. The average Bonchev–Trinajstić information content (AvgIpc) is 3.00. The van der Waals surface area contributed by atoms with Crippen LogP contribution in [-0.2, 0) is 13.2 Å². The number of ether oxygens (including phenoxy) is 1. The molecule has 3 rings (SSSR count). The number of thiophene rings is 1. The molecule has 0 aliphatic rings. The van der Waals surface area contributed by atoms with Crippen molar-refractivity contribution in [3.63, 3.8) is 0 Å². The maximum atomic E-state index is 9.47. The van der Waals surface area contributed by atoms with E-state index in [1.807, 2.05) is 48.5 Å². The number of hydrogen-bond donors (Lipinski definition) is 1. The van der Waals surface area contributed by atoms with E-state index in [4.69, 9.17) is 4.74 Å². The van der Waals surface area contributed by atoms with E-state index >= 15 is 0 Å². The number of rotatable bonds is 5. The predicted molar refractivity (Wildman–Crippen MR) is 91.2 cm³/mol. The second-order valence-corrected chi connectivity index (χ2v) is 6.20. The van der Waals surface area contributed by atoms with Crippen LogP contribution < -0.4 is 4.74 Å². The summed E-state index contributed by atoms with van der Waals surface area (Å²) >= 11 is 1.71. The molecule has 2 aromatic carbocycles. The lowest BCUT2D eigenvalue weighted by molar-refractivity contribution is 0.278. The number of aliphatic hydroxyl groups is 1. The first-order valence-corrected chi connectivity index (χ1v) is 8.09. The van der Waals surface area contributed by atoms with Gasteiger partial charge in [-0.15, -0.1) is 11.3 Å². The maximum Gasteiger partial charge on any atom is 0.120 e. The van der Waals surface area contributed by atoms with Crippen LogP contribution in [0.1, 0.15) is 16.7 Å². The molecule has 1 aromatic heterocycles. The third-order valence-corrected chi connectivity index (χ3v) is 4.51. The van der Waals surface area contributed by atoms with Crippen LogP contribution >= 0.6 is 11.3 Å². The van der Waals surface area contributed by atoms with Gasteiger partial charge in [0.1, 0.15) is 12.4 Å². The van der Waals surface area contributed by atoms with Crippen molar-refractivity contribution in [2.24, 2.45) is 0 Å². The molecule has 22 heavy (non-hydrogen) atoms. The van der Waals surface area contributed by atoms with E-state index < -0.39 is 0 Å². The summed E-state index contributed by atoms with van der Waals surface area (Å²) in [7, 11) is 0. The Labute approximate surface area is 134 Å². The third-order valence-electron chi connectivity index (χ3n) is 3.41. The van der Waals surface area contributed by atoms with Crippen molar-refractivity contribution in [3.05, 3.63) is 76.7 Å². The van der Waals surface area contributed by atoms with Crippen molar-refractivity contribution >= 4 is 11.3 Å². The van der Waals surface area contributed by atoms with Crippen LogP contribution in [0, 0.1) is 6.92 Å². The van der Waals surface area contributed by atoms with Crippen molar-refractivity contribution in [1.29, 1.82) is 0 Å². The first-order chi connectivity index (χ1) is 10.7. The molecule has 0 saturated heterocycles. The minimum Gasteiger partial charge on any atom is -0.489 e. The lowest BCUT2D eigenvalue weighted by atomic mass is 10.1. The molecule has 0 aliphatic carbocycles. The third kappa shape index (κ3) is 3.56. The number of aryl methyl sites for hydroxylation is 1. The highest BCUT2D eigenvalue weighted by molar-refractivity contribution is 7.13. The van der Waals surface area contributed by atoms with Crippen LogP contribution in [-0.4, -0.2) is 5.11 Å². The zero-order valence-corrected chi connectivity index (χ0v) is 13.3. The van der Waals surface area contributed by atoms with E-state index in [9.17, 15) is 5.11 Å². The summed E-state index contributed by atoms with van der Waals surface area (Å²) in [5.41, 5.74) is 4.34. The van der Waals surface area contributed by atoms with Crippen molar-refractivity contribution < 1.29 is 9.84 Å². The van der Waals surface area contributed by atoms with Crippen molar-refractivity contribution in [2.75, 3.05) is 0 Å². The fraction of sp³-hybridized carbons (Fsp3) is 0.158.